The van der Waals surface area contributed by atoms with Crippen molar-refractivity contribution in [1.29, 1.82) is 0 Å². The first-order chi connectivity index (χ1) is 14.5. The van der Waals surface area contributed by atoms with Crippen molar-refractivity contribution in [2.24, 2.45) is 0 Å². The number of amides is 1. The van der Waals surface area contributed by atoms with Crippen LogP contribution in [0.3, 0.4) is 0 Å². The number of pyridine rings is 1. The monoisotopic (exact) mass is 410 g/mol. The summed E-state index contributed by atoms with van der Waals surface area (Å²) < 4.78 is 15.8. The summed E-state index contributed by atoms with van der Waals surface area (Å²) in [7, 11) is 4.67. The summed E-state index contributed by atoms with van der Waals surface area (Å²) in [5.41, 5.74) is 1.49. The van der Waals surface area contributed by atoms with Crippen LogP contribution in [0.25, 0.3) is 10.9 Å². The molecule has 0 fully saturated rings. The molecule has 0 saturated carbocycles. The Bertz CT molecular complexity index is 1110. The Morgan fingerprint density at radius 1 is 0.967 bits per heavy atom. The third-order valence-corrected chi connectivity index (χ3v) is 4.90. The highest BCUT2D eigenvalue weighted by molar-refractivity contribution is 5.95. The van der Waals surface area contributed by atoms with E-state index < -0.39 is 0 Å². The Morgan fingerprint density at radius 2 is 1.73 bits per heavy atom. The van der Waals surface area contributed by atoms with Gasteiger partial charge in [-0.3, -0.25) is 9.59 Å². The van der Waals surface area contributed by atoms with Gasteiger partial charge in [-0.2, -0.15) is 0 Å². The fourth-order valence-corrected chi connectivity index (χ4v) is 3.35. The van der Waals surface area contributed by atoms with Gasteiger partial charge in [-0.05, 0) is 48.9 Å². The topological polar surface area (TPSA) is 80.9 Å². The number of nitrogens with zero attached hydrogens (tertiary/aromatic N) is 1. The maximum absolute atomic E-state index is 13.2. The zero-order valence-corrected chi connectivity index (χ0v) is 17.7. The number of methoxy groups -OCH3 is 3. The second kappa shape index (κ2) is 9.35. The van der Waals surface area contributed by atoms with Crippen LogP contribution in [0.5, 0.6) is 17.2 Å². The molecular weight excluding hydrogens is 384 g/mol. The summed E-state index contributed by atoms with van der Waals surface area (Å²) in [5.74, 6) is 1.56. The number of carbonyl (C=O) groups excluding carboxylic acids is 1. The lowest BCUT2D eigenvalue weighted by Gasteiger charge is -2.22. The molecule has 1 heterocycles. The van der Waals surface area contributed by atoms with Crippen molar-refractivity contribution in [3.05, 3.63) is 63.9 Å². The Kier molecular flexibility index (Phi) is 6.61. The minimum atomic E-state index is -0.214. The summed E-state index contributed by atoms with van der Waals surface area (Å²) in [6.07, 6.45) is 0.762. The van der Waals surface area contributed by atoms with Gasteiger partial charge in [-0.15, -0.1) is 0 Å². The number of aromatic amines is 1. The number of rotatable bonds is 8. The van der Waals surface area contributed by atoms with E-state index in [2.05, 4.69) is 4.98 Å². The summed E-state index contributed by atoms with van der Waals surface area (Å²) in [4.78, 5) is 30.3. The van der Waals surface area contributed by atoms with Gasteiger partial charge in [0.25, 0.3) is 11.5 Å². The molecule has 0 bridgehead atoms. The summed E-state index contributed by atoms with van der Waals surface area (Å²) >= 11 is 0. The number of ether oxygens (including phenoxy) is 3. The standard InChI is InChI=1S/C23H26N2O5/c1-5-10-25(23(27)15-6-9-20(29-3)21(13-15)30-4)14-17-11-16-12-18(28-2)7-8-19(16)24-22(17)26/h6-9,11-13H,5,10,14H2,1-4H3,(H,24,26). The van der Waals surface area contributed by atoms with Crippen LogP contribution in [0, 0.1) is 0 Å². The molecule has 1 amide bonds. The minimum Gasteiger partial charge on any atom is -0.497 e. The van der Waals surface area contributed by atoms with Gasteiger partial charge < -0.3 is 24.1 Å². The Hall–Kier alpha value is -3.48. The quantitative estimate of drug-likeness (QED) is 0.614. The van der Waals surface area contributed by atoms with E-state index in [4.69, 9.17) is 14.2 Å². The minimum absolute atomic E-state index is 0.178. The van der Waals surface area contributed by atoms with Crippen LogP contribution in [-0.2, 0) is 6.54 Å². The summed E-state index contributed by atoms with van der Waals surface area (Å²) in [6.45, 7) is 2.70. The van der Waals surface area contributed by atoms with Gasteiger partial charge in [0.05, 0.1) is 27.9 Å². The highest BCUT2D eigenvalue weighted by atomic mass is 16.5. The Balaban J connectivity index is 1.94. The van der Waals surface area contributed by atoms with Gasteiger partial charge >= 0.3 is 0 Å². The Labute approximate surface area is 175 Å². The number of benzene rings is 2. The number of nitrogens with one attached hydrogen (secondary N) is 1. The molecule has 3 aromatic rings. The number of fused-ring (bicyclic) bond motifs is 1. The molecule has 0 atom stereocenters. The first-order valence-electron chi connectivity index (χ1n) is 9.72. The van der Waals surface area contributed by atoms with E-state index in [-0.39, 0.29) is 18.0 Å². The molecule has 1 N–H and O–H groups in total. The van der Waals surface area contributed by atoms with E-state index >= 15 is 0 Å². The summed E-state index contributed by atoms with van der Waals surface area (Å²) in [6, 6.07) is 12.3. The van der Waals surface area contributed by atoms with Gasteiger partial charge in [-0.1, -0.05) is 6.92 Å². The van der Waals surface area contributed by atoms with E-state index in [0.717, 1.165) is 17.3 Å². The van der Waals surface area contributed by atoms with E-state index in [1.54, 1.807) is 55.5 Å². The maximum Gasteiger partial charge on any atom is 0.254 e. The second-order valence-corrected chi connectivity index (χ2v) is 6.87. The van der Waals surface area contributed by atoms with Crippen LogP contribution in [0.15, 0.2) is 47.3 Å². The van der Waals surface area contributed by atoms with Crippen LogP contribution in [0.2, 0.25) is 0 Å². The average molecular weight is 410 g/mol. The van der Waals surface area contributed by atoms with Crippen molar-refractivity contribution in [1.82, 2.24) is 9.88 Å². The predicted octanol–water partition coefficient (Wildman–Crippen LogP) is 3.61. The van der Waals surface area contributed by atoms with Crippen molar-refractivity contribution in [2.75, 3.05) is 27.9 Å². The molecule has 0 saturated heterocycles. The molecule has 0 spiro atoms. The fourth-order valence-electron chi connectivity index (χ4n) is 3.35. The predicted molar refractivity (Wildman–Crippen MR) is 116 cm³/mol. The molecular formula is C23H26N2O5. The molecule has 0 aliphatic heterocycles. The van der Waals surface area contributed by atoms with Crippen molar-refractivity contribution < 1.29 is 19.0 Å². The number of carbonyl (C=O) groups is 1. The van der Waals surface area contributed by atoms with Crippen LogP contribution in [0.1, 0.15) is 29.3 Å². The fraction of sp³-hybridized carbons (Fsp3) is 0.304. The lowest BCUT2D eigenvalue weighted by molar-refractivity contribution is 0.0742. The van der Waals surface area contributed by atoms with Crippen LogP contribution >= 0.6 is 0 Å². The third-order valence-electron chi connectivity index (χ3n) is 4.90. The van der Waals surface area contributed by atoms with Gasteiger partial charge in [0.1, 0.15) is 5.75 Å². The molecule has 30 heavy (non-hydrogen) atoms. The van der Waals surface area contributed by atoms with Crippen molar-refractivity contribution >= 4 is 16.8 Å². The largest absolute Gasteiger partial charge is 0.497 e. The number of aromatic nitrogens is 1. The molecule has 0 aliphatic rings. The number of hydrogen-bond donors (Lipinski definition) is 1. The van der Waals surface area contributed by atoms with Gasteiger partial charge in [-0.25, -0.2) is 0 Å². The highest BCUT2D eigenvalue weighted by Crippen LogP contribution is 2.28. The highest BCUT2D eigenvalue weighted by Gasteiger charge is 2.19. The molecule has 7 nitrogen and oxygen atoms in total. The van der Waals surface area contributed by atoms with E-state index in [1.807, 2.05) is 13.0 Å². The lowest BCUT2D eigenvalue weighted by Crippen LogP contribution is -2.33. The van der Waals surface area contributed by atoms with Crippen LogP contribution < -0.4 is 19.8 Å². The van der Waals surface area contributed by atoms with Gasteiger partial charge in [0.15, 0.2) is 11.5 Å². The maximum atomic E-state index is 13.2. The lowest BCUT2D eigenvalue weighted by atomic mass is 10.1. The second-order valence-electron chi connectivity index (χ2n) is 6.87. The third kappa shape index (κ3) is 4.40. The van der Waals surface area contributed by atoms with Crippen LogP contribution in [0.4, 0.5) is 0 Å². The smallest absolute Gasteiger partial charge is 0.254 e. The van der Waals surface area contributed by atoms with Crippen molar-refractivity contribution in [3.63, 3.8) is 0 Å². The average Bonchev–Trinajstić information content (AvgIpc) is 2.77. The van der Waals surface area contributed by atoms with Crippen molar-refractivity contribution in [2.45, 2.75) is 19.9 Å². The molecule has 7 heteroatoms. The SMILES string of the molecule is CCCN(Cc1cc2cc(OC)ccc2[nH]c1=O)C(=O)c1ccc(OC)c(OC)c1. The molecule has 3 rings (SSSR count). The molecule has 1 aromatic heterocycles. The number of hydrogen-bond acceptors (Lipinski definition) is 5. The molecule has 158 valence electrons. The van der Waals surface area contributed by atoms with Gasteiger partial charge in [0.2, 0.25) is 0 Å². The van der Waals surface area contributed by atoms with Crippen molar-refractivity contribution in [3.8, 4) is 17.2 Å². The number of H-pyrrole nitrogens is 1. The van der Waals surface area contributed by atoms with E-state index in [9.17, 15) is 9.59 Å². The zero-order valence-electron chi connectivity index (χ0n) is 17.7. The molecule has 2 aromatic carbocycles. The molecule has 0 radical (unpaired) electrons. The normalized spacial score (nSPS) is 10.7. The first kappa shape index (κ1) is 21.2. The molecule has 0 aliphatic carbocycles. The van der Waals surface area contributed by atoms with Crippen LogP contribution in [-0.4, -0.2) is 43.7 Å². The molecule has 0 unspecified atom stereocenters. The van der Waals surface area contributed by atoms with Gasteiger partial charge in [0, 0.05) is 28.6 Å². The van der Waals surface area contributed by atoms with E-state index in [1.165, 1.54) is 7.11 Å². The first-order valence-corrected chi connectivity index (χ1v) is 9.72. The zero-order chi connectivity index (χ0) is 21.7. The summed E-state index contributed by atoms with van der Waals surface area (Å²) in [5, 5.41) is 0.846. The Morgan fingerprint density at radius 3 is 2.40 bits per heavy atom. The van der Waals surface area contributed by atoms with E-state index in [0.29, 0.717) is 34.9 Å².